The summed E-state index contributed by atoms with van der Waals surface area (Å²) < 4.78 is 5.41. The lowest BCUT2D eigenvalue weighted by Gasteiger charge is -2.09. The van der Waals surface area contributed by atoms with Gasteiger partial charge in [0.15, 0.2) is 0 Å². The second-order valence-corrected chi connectivity index (χ2v) is 3.62. The Morgan fingerprint density at radius 2 is 2.38 bits per heavy atom. The van der Waals surface area contributed by atoms with Crippen molar-refractivity contribution < 1.29 is 4.74 Å². The maximum absolute atomic E-state index is 5.87. The Morgan fingerprint density at radius 1 is 1.54 bits per heavy atom. The van der Waals surface area contributed by atoms with Crippen molar-refractivity contribution in [1.29, 1.82) is 0 Å². The zero-order valence-electron chi connectivity index (χ0n) is 7.36. The van der Waals surface area contributed by atoms with Crippen LogP contribution in [0.1, 0.15) is 17.2 Å². The molecule has 13 heavy (non-hydrogen) atoms. The lowest BCUT2D eigenvalue weighted by atomic mass is 10.0. The molecular weight excluding hydrogens is 182 g/mol. The van der Waals surface area contributed by atoms with Gasteiger partial charge in [-0.2, -0.15) is 12.6 Å². The molecule has 1 aromatic rings. The van der Waals surface area contributed by atoms with Crippen molar-refractivity contribution in [2.45, 2.75) is 12.5 Å². The molecular formula is C10H13NOS. The van der Waals surface area contributed by atoms with Crippen molar-refractivity contribution >= 4 is 12.6 Å². The Kier molecular flexibility index (Phi) is 2.47. The van der Waals surface area contributed by atoms with Gasteiger partial charge in [0.25, 0.3) is 0 Å². The van der Waals surface area contributed by atoms with Gasteiger partial charge < -0.3 is 10.5 Å². The van der Waals surface area contributed by atoms with Crippen LogP contribution in [-0.4, -0.2) is 12.4 Å². The predicted molar refractivity (Wildman–Crippen MR) is 56.4 cm³/mol. The Labute approximate surface area is 83.5 Å². The second-order valence-electron chi connectivity index (χ2n) is 3.25. The molecule has 0 saturated carbocycles. The molecule has 1 aromatic carbocycles. The normalized spacial score (nSPS) is 16.5. The summed E-state index contributed by atoms with van der Waals surface area (Å²) in [5.74, 6) is 1.69. The first kappa shape index (κ1) is 8.91. The number of hydrogen-bond acceptors (Lipinski definition) is 3. The van der Waals surface area contributed by atoms with Crippen molar-refractivity contribution in [3.05, 3.63) is 29.3 Å². The number of ether oxygens (including phenoxy) is 1. The third-order valence-electron chi connectivity index (χ3n) is 2.34. The molecule has 1 heterocycles. The fraction of sp³-hybridized carbons (Fsp3) is 0.400. The van der Waals surface area contributed by atoms with E-state index in [1.165, 1.54) is 5.56 Å². The van der Waals surface area contributed by atoms with Crippen LogP contribution in [0.3, 0.4) is 0 Å². The maximum Gasteiger partial charge on any atom is 0.122 e. The van der Waals surface area contributed by atoms with Gasteiger partial charge in [0.2, 0.25) is 0 Å². The van der Waals surface area contributed by atoms with E-state index in [0.717, 1.165) is 24.3 Å². The third-order valence-corrected chi connectivity index (χ3v) is 2.73. The minimum Gasteiger partial charge on any atom is -0.493 e. The number of benzene rings is 1. The van der Waals surface area contributed by atoms with E-state index in [4.69, 9.17) is 10.5 Å². The minimum absolute atomic E-state index is 0.0363. The first-order valence-corrected chi connectivity index (χ1v) is 5.06. The molecule has 1 unspecified atom stereocenters. The van der Waals surface area contributed by atoms with Gasteiger partial charge in [-0.1, -0.05) is 12.1 Å². The van der Waals surface area contributed by atoms with Gasteiger partial charge in [-0.3, -0.25) is 0 Å². The van der Waals surface area contributed by atoms with Gasteiger partial charge in [-0.15, -0.1) is 0 Å². The Morgan fingerprint density at radius 3 is 3.15 bits per heavy atom. The number of hydrogen-bond donors (Lipinski definition) is 2. The fourth-order valence-electron chi connectivity index (χ4n) is 1.54. The molecule has 0 aliphatic carbocycles. The van der Waals surface area contributed by atoms with Crippen LogP contribution in [-0.2, 0) is 6.42 Å². The zero-order chi connectivity index (χ0) is 9.26. The van der Waals surface area contributed by atoms with E-state index >= 15 is 0 Å². The Balaban J connectivity index is 2.30. The van der Waals surface area contributed by atoms with Crippen molar-refractivity contribution in [1.82, 2.24) is 0 Å². The van der Waals surface area contributed by atoms with Gasteiger partial charge in [-0.25, -0.2) is 0 Å². The predicted octanol–water partition coefficient (Wildman–Crippen LogP) is 1.55. The Bertz CT molecular complexity index is 314. The third kappa shape index (κ3) is 1.67. The van der Waals surface area contributed by atoms with Crippen LogP contribution < -0.4 is 10.5 Å². The molecule has 2 nitrogen and oxygen atoms in total. The highest BCUT2D eigenvalue weighted by atomic mass is 32.1. The SMILES string of the molecule is NC(CS)c1ccc2c(c1)CCO2. The molecule has 1 aliphatic heterocycles. The molecule has 1 atom stereocenters. The summed E-state index contributed by atoms with van der Waals surface area (Å²) in [4.78, 5) is 0. The molecule has 0 fully saturated rings. The van der Waals surface area contributed by atoms with Crippen LogP contribution in [0, 0.1) is 0 Å². The van der Waals surface area contributed by atoms with E-state index in [2.05, 4.69) is 18.7 Å². The van der Waals surface area contributed by atoms with E-state index in [9.17, 15) is 0 Å². The fourth-order valence-corrected chi connectivity index (χ4v) is 1.75. The zero-order valence-corrected chi connectivity index (χ0v) is 8.26. The van der Waals surface area contributed by atoms with Crippen molar-refractivity contribution in [2.24, 2.45) is 5.73 Å². The number of rotatable bonds is 2. The van der Waals surface area contributed by atoms with Crippen molar-refractivity contribution in [2.75, 3.05) is 12.4 Å². The molecule has 3 heteroatoms. The monoisotopic (exact) mass is 195 g/mol. The van der Waals surface area contributed by atoms with Crippen LogP contribution >= 0.6 is 12.6 Å². The minimum atomic E-state index is 0.0363. The first-order chi connectivity index (χ1) is 6.31. The lowest BCUT2D eigenvalue weighted by molar-refractivity contribution is 0.357. The molecule has 0 amide bonds. The molecule has 70 valence electrons. The summed E-state index contributed by atoms with van der Waals surface area (Å²) in [6.07, 6.45) is 1.00. The maximum atomic E-state index is 5.87. The topological polar surface area (TPSA) is 35.2 Å². The summed E-state index contributed by atoms with van der Waals surface area (Å²) >= 11 is 4.18. The molecule has 0 saturated heterocycles. The summed E-state index contributed by atoms with van der Waals surface area (Å²) in [6.45, 7) is 0.800. The van der Waals surface area contributed by atoms with Crippen molar-refractivity contribution in [3.63, 3.8) is 0 Å². The van der Waals surface area contributed by atoms with Crippen LogP contribution in [0.25, 0.3) is 0 Å². The molecule has 0 bridgehead atoms. The van der Waals surface area contributed by atoms with Gasteiger partial charge in [0.05, 0.1) is 6.61 Å². The molecule has 2 N–H and O–H groups in total. The van der Waals surface area contributed by atoms with E-state index < -0.39 is 0 Å². The average Bonchev–Trinajstić information content (AvgIpc) is 2.63. The largest absolute Gasteiger partial charge is 0.493 e. The standard InChI is InChI=1S/C10H13NOS/c11-9(6-13)7-1-2-10-8(5-7)3-4-12-10/h1-2,5,9,13H,3-4,6,11H2. The van der Waals surface area contributed by atoms with Gasteiger partial charge in [-0.05, 0) is 17.2 Å². The number of thiol groups is 1. The molecule has 2 rings (SSSR count). The van der Waals surface area contributed by atoms with Crippen LogP contribution in [0.15, 0.2) is 18.2 Å². The molecule has 0 spiro atoms. The van der Waals surface area contributed by atoms with Gasteiger partial charge >= 0.3 is 0 Å². The van der Waals surface area contributed by atoms with Crippen molar-refractivity contribution in [3.8, 4) is 5.75 Å². The summed E-state index contributed by atoms with van der Waals surface area (Å²) in [6, 6.07) is 6.18. The average molecular weight is 195 g/mol. The second kappa shape index (κ2) is 3.60. The van der Waals surface area contributed by atoms with E-state index in [-0.39, 0.29) is 6.04 Å². The lowest BCUT2D eigenvalue weighted by Crippen LogP contribution is -2.11. The summed E-state index contributed by atoms with van der Waals surface area (Å²) in [7, 11) is 0. The number of nitrogens with two attached hydrogens (primary N) is 1. The van der Waals surface area contributed by atoms with Crippen LogP contribution in [0.5, 0.6) is 5.75 Å². The van der Waals surface area contributed by atoms with E-state index in [1.807, 2.05) is 12.1 Å². The van der Waals surface area contributed by atoms with Gasteiger partial charge in [0, 0.05) is 18.2 Å². The summed E-state index contributed by atoms with van der Waals surface area (Å²) in [5.41, 5.74) is 8.30. The van der Waals surface area contributed by atoms with Crippen LogP contribution in [0.2, 0.25) is 0 Å². The molecule has 1 aliphatic rings. The molecule has 0 aromatic heterocycles. The van der Waals surface area contributed by atoms with Gasteiger partial charge in [0.1, 0.15) is 5.75 Å². The first-order valence-electron chi connectivity index (χ1n) is 4.43. The quantitative estimate of drug-likeness (QED) is 0.702. The smallest absolute Gasteiger partial charge is 0.122 e. The highest BCUT2D eigenvalue weighted by molar-refractivity contribution is 7.80. The highest BCUT2D eigenvalue weighted by Crippen LogP contribution is 2.27. The molecule has 0 radical (unpaired) electrons. The number of fused-ring (bicyclic) bond motifs is 1. The summed E-state index contributed by atoms with van der Waals surface area (Å²) in [5, 5.41) is 0. The Hall–Kier alpha value is -0.670. The van der Waals surface area contributed by atoms with Crippen LogP contribution in [0.4, 0.5) is 0 Å². The van der Waals surface area contributed by atoms with E-state index in [0.29, 0.717) is 5.75 Å². The van der Waals surface area contributed by atoms with E-state index in [1.54, 1.807) is 0 Å². The highest BCUT2D eigenvalue weighted by Gasteiger charge is 2.13.